The van der Waals surface area contributed by atoms with Crippen LogP contribution in [0.15, 0.2) is 0 Å². The zero-order valence-corrected chi connectivity index (χ0v) is 12.6. The van der Waals surface area contributed by atoms with Crippen molar-refractivity contribution in [3.05, 3.63) is 0 Å². The zero-order valence-electron chi connectivity index (χ0n) is 11.7. The van der Waals surface area contributed by atoms with E-state index in [9.17, 15) is 26.4 Å². The largest absolute Gasteiger partial charge is 0.411 e. The third-order valence-electron chi connectivity index (χ3n) is 5.53. The molecule has 120 valence electrons. The Morgan fingerprint density at radius 2 is 1.67 bits per heavy atom. The van der Waals surface area contributed by atoms with Crippen LogP contribution in [0.3, 0.4) is 0 Å². The van der Waals surface area contributed by atoms with Gasteiger partial charge in [0.2, 0.25) is 5.91 Å². The third-order valence-corrected chi connectivity index (χ3v) is 7.19. The van der Waals surface area contributed by atoms with Gasteiger partial charge in [0, 0.05) is 13.0 Å². The van der Waals surface area contributed by atoms with E-state index in [1.807, 2.05) is 0 Å². The molecule has 0 aromatic carbocycles. The van der Waals surface area contributed by atoms with Crippen molar-refractivity contribution in [2.24, 2.45) is 11.3 Å². The molecular weight excluding hydrogens is 307 g/mol. The number of sulfone groups is 1. The topological polar surface area (TPSA) is 54.5 Å². The molecule has 0 N–H and O–H groups in total. The summed E-state index contributed by atoms with van der Waals surface area (Å²) in [4.78, 5) is 13.2. The molecule has 3 aliphatic rings. The summed E-state index contributed by atoms with van der Waals surface area (Å²) in [6.45, 7) is 0. The first-order chi connectivity index (χ1) is 9.53. The van der Waals surface area contributed by atoms with E-state index in [4.69, 9.17) is 0 Å². The molecule has 1 saturated heterocycles. The maximum Gasteiger partial charge on any atom is 0.411 e. The lowest BCUT2D eigenvalue weighted by Gasteiger charge is -2.31. The second-order valence-electron chi connectivity index (χ2n) is 6.70. The molecule has 1 atom stereocenters. The van der Waals surface area contributed by atoms with E-state index in [1.54, 1.807) is 0 Å². The Kier molecular flexibility index (Phi) is 2.98. The van der Waals surface area contributed by atoms with Crippen molar-refractivity contribution < 1.29 is 26.4 Å². The lowest BCUT2D eigenvalue weighted by molar-refractivity contribution is -0.197. The van der Waals surface area contributed by atoms with Gasteiger partial charge in [0.05, 0.1) is 11.5 Å². The van der Waals surface area contributed by atoms with Crippen molar-refractivity contribution in [3.63, 3.8) is 0 Å². The monoisotopic (exact) mass is 325 g/mol. The smallest absolute Gasteiger partial charge is 0.331 e. The molecule has 3 fully saturated rings. The van der Waals surface area contributed by atoms with Gasteiger partial charge in [0.1, 0.15) is 15.4 Å². The first-order valence-electron chi connectivity index (χ1n) is 7.08. The maximum atomic E-state index is 13.1. The van der Waals surface area contributed by atoms with Gasteiger partial charge in [-0.2, -0.15) is 13.2 Å². The lowest BCUT2D eigenvalue weighted by atomic mass is 9.95. The van der Waals surface area contributed by atoms with Gasteiger partial charge < -0.3 is 4.90 Å². The summed E-state index contributed by atoms with van der Waals surface area (Å²) in [6, 6.07) is 0. The Morgan fingerprint density at radius 3 is 2.10 bits per heavy atom. The second kappa shape index (κ2) is 4.14. The van der Waals surface area contributed by atoms with Crippen LogP contribution in [0.4, 0.5) is 13.2 Å². The number of rotatable bonds is 2. The molecule has 3 rings (SSSR count). The first-order valence-corrected chi connectivity index (χ1v) is 8.90. The van der Waals surface area contributed by atoms with Crippen molar-refractivity contribution in [2.45, 2.75) is 43.8 Å². The van der Waals surface area contributed by atoms with Crippen LogP contribution in [-0.2, 0) is 14.6 Å². The van der Waals surface area contributed by atoms with Gasteiger partial charge in [-0.25, -0.2) is 8.42 Å². The molecule has 0 bridgehead atoms. The van der Waals surface area contributed by atoms with E-state index in [0.29, 0.717) is 19.3 Å². The fourth-order valence-electron chi connectivity index (χ4n) is 3.57. The highest BCUT2D eigenvalue weighted by molar-refractivity contribution is 7.91. The van der Waals surface area contributed by atoms with Gasteiger partial charge in [-0.05, 0) is 37.5 Å². The zero-order chi connectivity index (χ0) is 15.7. The number of hydrogen-bond acceptors (Lipinski definition) is 3. The lowest BCUT2D eigenvalue weighted by Crippen LogP contribution is -2.50. The summed E-state index contributed by atoms with van der Waals surface area (Å²) in [7, 11) is -1.80. The van der Waals surface area contributed by atoms with Crippen LogP contribution >= 0.6 is 0 Å². The van der Waals surface area contributed by atoms with Crippen molar-refractivity contribution in [2.75, 3.05) is 18.6 Å². The number of carbonyl (C=O) groups excluding carboxylic acids is 1. The highest BCUT2D eigenvalue weighted by Crippen LogP contribution is 2.62. The van der Waals surface area contributed by atoms with E-state index in [-0.39, 0.29) is 29.8 Å². The Morgan fingerprint density at radius 1 is 1.14 bits per heavy atom. The van der Waals surface area contributed by atoms with Crippen LogP contribution in [0.1, 0.15) is 32.1 Å². The molecule has 8 heteroatoms. The fourth-order valence-corrected chi connectivity index (χ4v) is 5.21. The van der Waals surface area contributed by atoms with Crippen LogP contribution in [0.5, 0.6) is 0 Å². The summed E-state index contributed by atoms with van der Waals surface area (Å²) >= 11 is 0. The van der Waals surface area contributed by atoms with E-state index in [1.165, 1.54) is 7.05 Å². The van der Waals surface area contributed by atoms with Crippen LogP contribution in [-0.4, -0.2) is 49.5 Å². The molecule has 1 amide bonds. The SMILES string of the molecule is CN(C(=O)C1CC12CCS(=O)(=O)CC2)C1(C(F)(F)F)CC1. The Bertz CT molecular complexity index is 566. The van der Waals surface area contributed by atoms with Gasteiger partial charge in [0.25, 0.3) is 0 Å². The molecule has 1 spiro atoms. The number of hydrogen-bond donors (Lipinski definition) is 0. The van der Waals surface area contributed by atoms with Crippen LogP contribution in [0.25, 0.3) is 0 Å². The Labute approximate surface area is 121 Å². The van der Waals surface area contributed by atoms with Gasteiger partial charge in [-0.15, -0.1) is 0 Å². The third kappa shape index (κ3) is 2.26. The van der Waals surface area contributed by atoms with Gasteiger partial charge >= 0.3 is 6.18 Å². The second-order valence-corrected chi connectivity index (χ2v) is 9.00. The van der Waals surface area contributed by atoms with Crippen molar-refractivity contribution in [3.8, 4) is 0 Å². The highest BCUT2D eigenvalue weighted by atomic mass is 32.2. The van der Waals surface area contributed by atoms with E-state index < -0.39 is 33.4 Å². The van der Waals surface area contributed by atoms with E-state index in [2.05, 4.69) is 0 Å². The summed E-state index contributed by atoms with van der Waals surface area (Å²) in [6.07, 6.45) is -3.13. The molecule has 0 aromatic heterocycles. The Hall–Kier alpha value is -0.790. The van der Waals surface area contributed by atoms with Crippen molar-refractivity contribution in [1.82, 2.24) is 4.90 Å². The number of alkyl halides is 3. The Balaban J connectivity index is 1.69. The highest BCUT2D eigenvalue weighted by Gasteiger charge is 2.69. The molecule has 0 aromatic rings. The summed E-state index contributed by atoms with van der Waals surface area (Å²) in [5.41, 5.74) is -2.34. The standard InChI is InChI=1S/C13H18F3NO3S/c1-17(12(2-3-12)13(14,15)16)10(18)9-8-11(9)4-6-21(19,20)7-5-11/h9H,2-8H2,1H3. The van der Waals surface area contributed by atoms with Gasteiger partial charge in [-0.1, -0.05) is 0 Å². The van der Waals surface area contributed by atoms with Crippen molar-refractivity contribution in [1.29, 1.82) is 0 Å². The average molecular weight is 325 g/mol. The van der Waals surface area contributed by atoms with E-state index in [0.717, 1.165) is 4.90 Å². The molecule has 4 nitrogen and oxygen atoms in total. The minimum absolute atomic E-state index is 0.0349. The minimum Gasteiger partial charge on any atom is -0.331 e. The van der Waals surface area contributed by atoms with Gasteiger partial charge in [0.15, 0.2) is 0 Å². The number of halogens is 3. The van der Waals surface area contributed by atoms with Crippen LogP contribution in [0, 0.1) is 11.3 Å². The molecule has 21 heavy (non-hydrogen) atoms. The number of amides is 1. The predicted molar refractivity (Wildman–Crippen MR) is 69.2 cm³/mol. The van der Waals surface area contributed by atoms with Crippen LogP contribution < -0.4 is 0 Å². The molecule has 0 radical (unpaired) electrons. The van der Waals surface area contributed by atoms with Crippen LogP contribution in [0.2, 0.25) is 0 Å². The molecule has 1 unspecified atom stereocenters. The number of nitrogens with zero attached hydrogens (tertiary/aromatic N) is 1. The molecule has 1 aliphatic heterocycles. The molecule has 2 aliphatic carbocycles. The first kappa shape index (κ1) is 15.1. The quantitative estimate of drug-likeness (QED) is 0.777. The average Bonchev–Trinajstić information content (AvgIpc) is 3.25. The molecule has 1 heterocycles. The molecule has 2 saturated carbocycles. The minimum atomic E-state index is -4.39. The summed E-state index contributed by atoms with van der Waals surface area (Å²) < 4.78 is 62.0. The van der Waals surface area contributed by atoms with Gasteiger partial charge in [-0.3, -0.25) is 4.79 Å². The van der Waals surface area contributed by atoms with E-state index >= 15 is 0 Å². The maximum absolute atomic E-state index is 13.1. The van der Waals surface area contributed by atoms with Crippen molar-refractivity contribution >= 4 is 15.7 Å². The number of carbonyl (C=O) groups is 1. The fraction of sp³-hybridized carbons (Fsp3) is 0.923. The summed E-state index contributed by atoms with van der Waals surface area (Å²) in [5.74, 6) is -0.808. The summed E-state index contributed by atoms with van der Waals surface area (Å²) in [5, 5.41) is 0. The predicted octanol–water partition coefficient (Wildman–Crippen LogP) is 1.75. The normalized spacial score (nSPS) is 31.7. The molecular formula is C13H18F3NO3S.